The minimum absolute atomic E-state index is 0.0449. The number of phenolic OH excluding ortho intramolecular Hbond substituents is 5. The third-order valence-electron chi connectivity index (χ3n) is 7.21. The molecule has 24 heteroatoms. The van der Waals surface area contributed by atoms with Crippen LogP contribution in [0.1, 0.15) is 6.23 Å². The van der Waals surface area contributed by atoms with Gasteiger partial charge in [0.15, 0.2) is 40.7 Å². The molecular formula is C26H25N5O17P2. The van der Waals surface area contributed by atoms with Gasteiger partial charge in [-0.2, -0.15) is 0 Å². The number of hydrogen-bond donors (Lipinski definition) is 12. The molecule has 3 aromatic heterocycles. The molecule has 5 atom stereocenters. The van der Waals surface area contributed by atoms with Gasteiger partial charge in [0.05, 0.1) is 6.61 Å². The average Bonchev–Trinajstić information content (AvgIpc) is 3.60. The van der Waals surface area contributed by atoms with Gasteiger partial charge in [-0.15, -0.1) is 0 Å². The number of imidazole rings is 1. The Hall–Kier alpha value is -5.15. The normalized spacial score (nSPS) is 20.5. The lowest BCUT2D eigenvalue weighted by Gasteiger charge is -2.24. The predicted molar refractivity (Wildman–Crippen MR) is 164 cm³/mol. The van der Waals surface area contributed by atoms with Crippen LogP contribution in [0.25, 0.3) is 33.5 Å². The van der Waals surface area contributed by atoms with E-state index in [0.29, 0.717) is 0 Å². The first kappa shape index (κ1) is 36.1. The molecule has 50 heavy (non-hydrogen) atoms. The number of nitrogens with two attached hydrogens (primary N) is 1. The van der Waals surface area contributed by atoms with Gasteiger partial charge in [0.1, 0.15) is 59.0 Å². The van der Waals surface area contributed by atoms with Crippen LogP contribution in [0.5, 0.6) is 34.5 Å². The van der Waals surface area contributed by atoms with Crippen molar-refractivity contribution in [2.45, 2.75) is 29.8 Å². The van der Waals surface area contributed by atoms with Crippen molar-refractivity contribution >= 4 is 44.0 Å². The third kappa shape index (κ3) is 6.45. The fraction of sp³-hybridized carbons (Fsp3) is 0.231. The monoisotopic (exact) mass is 741 g/mol. The lowest BCUT2D eigenvalue weighted by Crippen LogP contribution is -2.37. The van der Waals surface area contributed by atoms with E-state index in [0.717, 1.165) is 24.3 Å². The van der Waals surface area contributed by atoms with Crippen LogP contribution in [0.3, 0.4) is 0 Å². The van der Waals surface area contributed by atoms with Crippen molar-refractivity contribution in [3.05, 3.63) is 47.1 Å². The molecule has 0 amide bonds. The van der Waals surface area contributed by atoms with Gasteiger partial charge in [-0.1, -0.05) is 0 Å². The highest BCUT2D eigenvalue weighted by molar-refractivity contribution is 7.62. The van der Waals surface area contributed by atoms with Crippen LogP contribution >= 0.6 is 16.1 Å². The van der Waals surface area contributed by atoms with Gasteiger partial charge < -0.3 is 75.4 Å². The second-order valence-electron chi connectivity index (χ2n) is 10.5. The first-order valence-electron chi connectivity index (χ1n) is 13.6. The lowest BCUT2D eigenvalue weighted by atomic mass is 10.1. The Bertz CT molecular complexity index is 2200. The summed E-state index contributed by atoms with van der Waals surface area (Å²) in [6.45, 7) is -0.788. The molecule has 0 saturated carbocycles. The van der Waals surface area contributed by atoms with Crippen LogP contribution in [0.2, 0.25) is 0 Å². The molecule has 1 aliphatic heterocycles. The summed E-state index contributed by atoms with van der Waals surface area (Å²) in [7, 11) is -6.71. The fourth-order valence-corrected chi connectivity index (χ4v) is 5.55. The lowest BCUT2D eigenvalue weighted by molar-refractivity contribution is -0.135. The zero-order valence-corrected chi connectivity index (χ0v) is 26.4. The number of phenols is 5. The topological polar surface area (TPSA) is 375 Å². The summed E-state index contributed by atoms with van der Waals surface area (Å²) in [5, 5.41) is 83.9. The van der Waals surface area contributed by atoms with Gasteiger partial charge in [0.2, 0.25) is 19.6 Å². The second kappa shape index (κ2) is 13.3. The summed E-state index contributed by atoms with van der Waals surface area (Å²) in [4.78, 5) is 41.9. The molecule has 5 unspecified atom stereocenters. The molecule has 2 aromatic carbocycles. The van der Waals surface area contributed by atoms with E-state index in [-0.39, 0.29) is 39.3 Å². The summed E-state index contributed by atoms with van der Waals surface area (Å²) in [6, 6.07) is 3.89. The molecule has 5 aromatic rings. The molecule has 13 N–H and O–H groups in total. The van der Waals surface area contributed by atoms with Crippen LogP contribution in [-0.4, -0.2) is 105 Å². The maximum atomic E-state index is 12.2. The molecule has 0 bridgehead atoms. The molecule has 4 heterocycles. The maximum absolute atomic E-state index is 12.2. The Morgan fingerprint density at radius 3 is 2.24 bits per heavy atom. The predicted octanol–water partition coefficient (Wildman–Crippen LogP) is -0.189. The summed E-state index contributed by atoms with van der Waals surface area (Å²) in [5.74, 6) is -4.35. The van der Waals surface area contributed by atoms with E-state index in [1.165, 1.54) is 17.2 Å². The van der Waals surface area contributed by atoms with E-state index in [1.807, 2.05) is 0 Å². The number of nitrogens with zero attached hydrogens (tertiary/aromatic N) is 4. The Balaban J connectivity index is 0.000000197. The number of anilines is 1. The van der Waals surface area contributed by atoms with Gasteiger partial charge in [-0.25, -0.2) is 15.0 Å². The zero-order valence-electron chi connectivity index (χ0n) is 24.6. The highest BCUT2D eigenvalue weighted by atomic mass is 31.2. The van der Waals surface area contributed by atoms with Crippen LogP contribution < -0.4 is 11.2 Å². The number of fused-ring (bicyclic) bond motifs is 2. The molecule has 0 aliphatic carbocycles. The number of ether oxygens (including phenoxy) is 2. The van der Waals surface area contributed by atoms with Crippen molar-refractivity contribution in [1.82, 2.24) is 19.5 Å². The van der Waals surface area contributed by atoms with Crippen LogP contribution in [-0.2, 0) is 18.6 Å². The Morgan fingerprint density at radius 2 is 1.62 bits per heavy atom. The molecule has 1 fully saturated rings. The van der Waals surface area contributed by atoms with E-state index in [4.69, 9.17) is 24.7 Å². The van der Waals surface area contributed by atoms with Crippen molar-refractivity contribution in [2.24, 2.45) is 0 Å². The highest BCUT2D eigenvalue weighted by Crippen LogP contribution is 2.55. The van der Waals surface area contributed by atoms with E-state index in [2.05, 4.69) is 19.7 Å². The van der Waals surface area contributed by atoms with E-state index in [9.17, 15) is 59.9 Å². The van der Waals surface area contributed by atoms with E-state index >= 15 is 0 Å². The number of aliphatic hydroxyl groups excluding tert-OH is 2. The van der Waals surface area contributed by atoms with Crippen molar-refractivity contribution < 1.29 is 78.8 Å². The number of rotatable bonds is 7. The number of aliphatic hydroxyl groups is 3. The minimum atomic E-state index is -5.32. The minimum Gasteiger partial charge on any atom is -0.508 e. The third-order valence-corrected chi connectivity index (χ3v) is 9.49. The average molecular weight is 741 g/mol. The van der Waals surface area contributed by atoms with Gasteiger partial charge >= 0.3 is 12.9 Å². The summed E-state index contributed by atoms with van der Waals surface area (Å²) >= 11 is 0. The Labute approximate surface area is 277 Å². The van der Waals surface area contributed by atoms with Crippen LogP contribution in [0.4, 0.5) is 5.82 Å². The van der Waals surface area contributed by atoms with Crippen molar-refractivity contribution in [1.29, 1.82) is 0 Å². The first-order chi connectivity index (χ1) is 23.4. The summed E-state index contributed by atoms with van der Waals surface area (Å²) in [5.41, 5.74) is 4.94. The fourth-order valence-electron chi connectivity index (χ4n) is 4.75. The van der Waals surface area contributed by atoms with Crippen molar-refractivity contribution in [3.8, 4) is 45.8 Å². The number of hydrogen-bond acceptors (Lipinski definition) is 19. The van der Waals surface area contributed by atoms with Crippen LogP contribution in [0, 0.1) is 0 Å². The highest BCUT2D eigenvalue weighted by Gasteiger charge is 2.51. The molecule has 22 nitrogen and oxygen atoms in total. The zero-order chi connectivity index (χ0) is 36.9. The second-order valence-corrected chi connectivity index (χ2v) is 13.3. The number of nitrogen functional groups attached to an aromatic ring is 1. The molecule has 266 valence electrons. The molecule has 1 saturated heterocycles. The summed E-state index contributed by atoms with van der Waals surface area (Å²) in [6.07, 6.45) is -3.17. The maximum Gasteiger partial charge on any atom is 0.397 e. The SMILES string of the molecule is Nc1ncnc2ncn(C3OC(COC(O)(P=O)P(=O)(O)O)C(O)C3O)c12.O=c1c(O)c(-c2cc(O)c(O)c(O)c2)oc2cc(O)cc(O)c12. The largest absolute Gasteiger partial charge is 0.508 e. The quantitative estimate of drug-likeness (QED) is 0.0584. The Kier molecular flexibility index (Phi) is 9.60. The number of aromatic nitrogens is 4. The first-order valence-corrected chi connectivity index (χ1v) is 16.0. The molecule has 6 rings (SSSR count). The van der Waals surface area contributed by atoms with Crippen LogP contribution in [0.15, 0.2) is 46.1 Å². The van der Waals surface area contributed by atoms with E-state index < -0.39 is 92.4 Å². The van der Waals surface area contributed by atoms with Crippen molar-refractivity contribution in [2.75, 3.05) is 12.3 Å². The van der Waals surface area contributed by atoms with Gasteiger partial charge in [-0.05, 0) is 12.1 Å². The van der Waals surface area contributed by atoms with E-state index in [1.54, 1.807) is 0 Å². The van der Waals surface area contributed by atoms with Gasteiger partial charge in [0, 0.05) is 17.7 Å². The van der Waals surface area contributed by atoms with Gasteiger partial charge in [0.25, 0.3) is 0 Å². The van der Waals surface area contributed by atoms with Gasteiger partial charge in [-0.3, -0.25) is 18.5 Å². The molecular weight excluding hydrogens is 716 g/mol. The van der Waals surface area contributed by atoms with Crippen molar-refractivity contribution in [3.63, 3.8) is 0 Å². The summed E-state index contributed by atoms with van der Waals surface area (Å²) < 4.78 is 38.7. The Morgan fingerprint density at radius 1 is 0.960 bits per heavy atom. The molecule has 0 radical (unpaired) electrons. The number of aromatic hydroxyl groups is 6. The standard InChI is InChI=1S/C15H10O8.C11H15N5O9P2/c16-6-3-7(17)11-10(4-6)23-15(14(22)13(11)21)5-1-8(18)12(20)9(19)2-5;12-8-5-9(14-2-13-8)15-3-16(5)10-7(18)6(17)4(25-10)1-24-11(19,26-20)27(21,22)23/h1-4,16-20,22H;2-4,6-7,10,17-19H,1H2,(H2,12,13,14)(H2,21,22,23). The molecule has 1 aliphatic rings. The smallest absolute Gasteiger partial charge is 0.397 e. The molecule has 0 spiro atoms. The number of benzene rings is 2.